The van der Waals surface area contributed by atoms with E-state index in [9.17, 15) is 24.6 Å². The second-order valence-electron chi connectivity index (χ2n) is 10.1. The Morgan fingerprint density at radius 3 is 2.09 bits per heavy atom. The summed E-state index contributed by atoms with van der Waals surface area (Å²) in [7, 11) is 0. The molecule has 4 atom stereocenters. The quantitative estimate of drug-likeness (QED) is 0.310. The van der Waals surface area contributed by atoms with Crippen molar-refractivity contribution in [1.29, 1.82) is 0 Å². The summed E-state index contributed by atoms with van der Waals surface area (Å²) in [6, 6.07) is 7.81. The standard InChI is InChI=1S/C26H42N2O7/c1-7-34-24(32)16-22(30)19(13-17(2)3)27-23(31)15-21(29)20(14-18-11-9-8-10-12-18)28-25(33)35-26(4,5)6/h8-12,17,19-22,29-30H,7,13-16H2,1-6H3,(H,27,31)(H,28,33)/t19-,20-,21-,22-/m0/s1. The molecule has 1 rings (SSSR count). The first-order valence-electron chi connectivity index (χ1n) is 12.1. The minimum atomic E-state index is -1.22. The van der Waals surface area contributed by atoms with Gasteiger partial charge in [0.1, 0.15) is 5.60 Å². The number of ether oxygens (including phenoxy) is 2. The Kier molecular flexibility index (Phi) is 12.7. The highest BCUT2D eigenvalue weighted by Gasteiger charge is 2.29. The molecule has 0 fully saturated rings. The third kappa shape index (κ3) is 13.1. The molecule has 198 valence electrons. The Hall–Kier alpha value is -2.65. The number of esters is 1. The van der Waals surface area contributed by atoms with Crippen LogP contribution in [0.1, 0.15) is 66.4 Å². The molecule has 9 heteroatoms. The summed E-state index contributed by atoms with van der Waals surface area (Å²) >= 11 is 0. The summed E-state index contributed by atoms with van der Waals surface area (Å²) in [6.07, 6.45) is -2.87. The van der Waals surface area contributed by atoms with Gasteiger partial charge in [-0.15, -0.1) is 0 Å². The average molecular weight is 495 g/mol. The molecule has 35 heavy (non-hydrogen) atoms. The molecule has 1 aromatic rings. The molecule has 0 aliphatic rings. The van der Waals surface area contributed by atoms with Crippen LogP contribution in [0.4, 0.5) is 4.79 Å². The molecule has 0 spiro atoms. The minimum absolute atomic E-state index is 0.140. The molecule has 0 aromatic heterocycles. The SMILES string of the molecule is CCOC(=O)C[C@H](O)[C@H](CC(C)C)NC(=O)C[C@H](O)[C@H](Cc1ccccc1)NC(=O)OC(C)(C)C. The van der Waals surface area contributed by atoms with Crippen LogP contribution in [0.15, 0.2) is 30.3 Å². The number of rotatable bonds is 13. The van der Waals surface area contributed by atoms with Gasteiger partial charge in [0, 0.05) is 0 Å². The maximum absolute atomic E-state index is 12.8. The molecule has 9 nitrogen and oxygen atoms in total. The zero-order valence-electron chi connectivity index (χ0n) is 21.7. The van der Waals surface area contributed by atoms with Crippen LogP contribution in [0.25, 0.3) is 0 Å². The first kappa shape index (κ1) is 30.4. The smallest absolute Gasteiger partial charge is 0.407 e. The van der Waals surface area contributed by atoms with Crippen molar-refractivity contribution in [3.05, 3.63) is 35.9 Å². The van der Waals surface area contributed by atoms with E-state index in [4.69, 9.17) is 9.47 Å². The molecule has 4 N–H and O–H groups in total. The van der Waals surface area contributed by atoms with Gasteiger partial charge in [0.05, 0.1) is 43.7 Å². The third-order valence-electron chi connectivity index (χ3n) is 5.08. The van der Waals surface area contributed by atoms with Crippen molar-refractivity contribution in [1.82, 2.24) is 10.6 Å². The fourth-order valence-electron chi connectivity index (χ4n) is 3.56. The summed E-state index contributed by atoms with van der Waals surface area (Å²) in [5.41, 5.74) is 0.151. The topological polar surface area (TPSA) is 134 Å². The van der Waals surface area contributed by atoms with Gasteiger partial charge in [0.25, 0.3) is 0 Å². The Morgan fingerprint density at radius 2 is 1.54 bits per heavy atom. The summed E-state index contributed by atoms with van der Waals surface area (Å²) in [6.45, 7) is 11.0. The van der Waals surface area contributed by atoms with Crippen molar-refractivity contribution in [3.63, 3.8) is 0 Å². The number of carbonyl (C=O) groups is 3. The van der Waals surface area contributed by atoms with Crippen LogP contribution in [0, 0.1) is 5.92 Å². The zero-order valence-corrected chi connectivity index (χ0v) is 21.7. The zero-order chi connectivity index (χ0) is 26.6. The van der Waals surface area contributed by atoms with Gasteiger partial charge in [0.15, 0.2) is 0 Å². The van der Waals surface area contributed by atoms with Crippen LogP contribution < -0.4 is 10.6 Å². The number of nitrogens with one attached hydrogen (secondary N) is 2. The van der Waals surface area contributed by atoms with Crippen molar-refractivity contribution in [3.8, 4) is 0 Å². The molecular formula is C26H42N2O7. The van der Waals surface area contributed by atoms with Crippen LogP contribution in [0.3, 0.4) is 0 Å². The normalized spacial score (nSPS) is 15.0. The Bertz CT molecular complexity index is 793. The highest BCUT2D eigenvalue weighted by Crippen LogP contribution is 2.15. The van der Waals surface area contributed by atoms with Crippen LogP contribution in [-0.4, -0.2) is 64.7 Å². The molecule has 0 saturated carbocycles. The number of alkyl carbamates (subject to hydrolysis) is 1. The Morgan fingerprint density at radius 1 is 0.943 bits per heavy atom. The van der Waals surface area contributed by atoms with Crippen LogP contribution >= 0.6 is 0 Å². The van der Waals surface area contributed by atoms with Gasteiger partial charge in [-0.25, -0.2) is 4.79 Å². The fourth-order valence-corrected chi connectivity index (χ4v) is 3.56. The Balaban J connectivity index is 2.89. The predicted molar refractivity (Wildman–Crippen MR) is 133 cm³/mol. The van der Waals surface area contributed by atoms with Gasteiger partial charge in [0.2, 0.25) is 5.91 Å². The van der Waals surface area contributed by atoms with E-state index in [1.807, 2.05) is 44.2 Å². The highest BCUT2D eigenvalue weighted by atomic mass is 16.6. The van der Waals surface area contributed by atoms with E-state index >= 15 is 0 Å². The summed E-state index contributed by atoms with van der Waals surface area (Å²) < 4.78 is 10.2. The van der Waals surface area contributed by atoms with Crippen LogP contribution in [0.2, 0.25) is 0 Å². The van der Waals surface area contributed by atoms with E-state index < -0.39 is 47.9 Å². The lowest BCUT2D eigenvalue weighted by Gasteiger charge is -2.28. The lowest BCUT2D eigenvalue weighted by atomic mass is 9.96. The van der Waals surface area contributed by atoms with Crippen molar-refractivity contribution < 1.29 is 34.1 Å². The van der Waals surface area contributed by atoms with Crippen LogP contribution in [0.5, 0.6) is 0 Å². The fraction of sp³-hybridized carbons (Fsp3) is 0.654. The van der Waals surface area contributed by atoms with Gasteiger partial charge < -0.3 is 30.3 Å². The van der Waals surface area contributed by atoms with E-state index in [-0.39, 0.29) is 31.8 Å². The van der Waals surface area contributed by atoms with E-state index in [1.165, 1.54) is 0 Å². The van der Waals surface area contributed by atoms with E-state index in [2.05, 4.69) is 10.6 Å². The second-order valence-corrected chi connectivity index (χ2v) is 10.1. The molecule has 0 saturated heterocycles. The van der Waals surface area contributed by atoms with Gasteiger partial charge in [-0.05, 0) is 52.0 Å². The lowest BCUT2D eigenvalue weighted by molar-refractivity contribution is -0.146. The van der Waals surface area contributed by atoms with Gasteiger partial charge >= 0.3 is 12.1 Å². The van der Waals surface area contributed by atoms with Gasteiger partial charge in [-0.1, -0.05) is 44.2 Å². The van der Waals surface area contributed by atoms with Crippen molar-refractivity contribution in [2.45, 2.75) is 97.1 Å². The first-order valence-corrected chi connectivity index (χ1v) is 12.1. The minimum Gasteiger partial charge on any atom is -0.466 e. The molecule has 0 heterocycles. The van der Waals surface area contributed by atoms with E-state index in [0.717, 1.165) is 5.56 Å². The van der Waals surface area contributed by atoms with Crippen LogP contribution in [-0.2, 0) is 25.5 Å². The second kappa shape index (κ2) is 14.7. The summed E-state index contributed by atoms with van der Waals surface area (Å²) in [4.78, 5) is 36.9. The highest BCUT2D eigenvalue weighted by molar-refractivity contribution is 5.77. The Labute approximate surface area is 208 Å². The van der Waals surface area contributed by atoms with E-state index in [0.29, 0.717) is 6.42 Å². The van der Waals surface area contributed by atoms with Gasteiger partial charge in [-0.3, -0.25) is 9.59 Å². The number of amides is 2. The first-order chi connectivity index (χ1) is 16.3. The number of carbonyl (C=O) groups excluding carboxylic acids is 3. The molecular weight excluding hydrogens is 452 g/mol. The van der Waals surface area contributed by atoms with Crippen molar-refractivity contribution in [2.75, 3.05) is 6.61 Å². The monoisotopic (exact) mass is 494 g/mol. The lowest BCUT2D eigenvalue weighted by Crippen LogP contribution is -2.50. The summed E-state index contributed by atoms with van der Waals surface area (Å²) in [5, 5.41) is 26.8. The maximum atomic E-state index is 12.8. The number of aliphatic hydroxyl groups excluding tert-OH is 2. The van der Waals surface area contributed by atoms with E-state index in [1.54, 1.807) is 27.7 Å². The van der Waals surface area contributed by atoms with Crippen molar-refractivity contribution >= 4 is 18.0 Å². The number of hydrogen-bond donors (Lipinski definition) is 4. The average Bonchev–Trinajstić information content (AvgIpc) is 2.71. The molecule has 0 aliphatic heterocycles. The van der Waals surface area contributed by atoms with Gasteiger partial charge in [-0.2, -0.15) is 0 Å². The molecule has 1 aromatic carbocycles. The predicted octanol–water partition coefficient (Wildman–Crippen LogP) is 2.72. The number of aliphatic hydroxyl groups is 2. The van der Waals surface area contributed by atoms with Crippen molar-refractivity contribution in [2.24, 2.45) is 5.92 Å². The summed E-state index contributed by atoms with van der Waals surface area (Å²) in [5.74, 6) is -0.913. The third-order valence-corrected chi connectivity index (χ3v) is 5.08. The number of hydrogen-bond acceptors (Lipinski definition) is 7. The number of benzene rings is 1. The molecule has 0 bridgehead atoms. The molecule has 0 aliphatic carbocycles. The maximum Gasteiger partial charge on any atom is 0.407 e. The largest absolute Gasteiger partial charge is 0.466 e. The molecule has 0 radical (unpaired) electrons. The molecule has 2 amide bonds. The molecule has 0 unspecified atom stereocenters.